The van der Waals surface area contributed by atoms with Crippen molar-refractivity contribution in [2.24, 2.45) is 11.7 Å². The van der Waals surface area contributed by atoms with Gasteiger partial charge >= 0.3 is 0 Å². The molecule has 0 aromatic heterocycles. The molecule has 0 unspecified atom stereocenters. The topological polar surface area (TPSA) is 55.6 Å². The van der Waals surface area contributed by atoms with Crippen LogP contribution in [0.2, 0.25) is 0 Å². The number of ketones is 1. The molecule has 0 bridgehead atoms. The average molecular weight is 290 g/mol. The van der Waals surface area contributed by atoms with Gasteiger partial charge in [0.1, 0.15) is 5.75 Å². The molecule has 0 atom stereocenters. The minimum absolute atomic E-state index is 0.0983. The van der Waals surface area contributed by atoms with Crippen LogP contribution in [0, 0.1) is 5.92 Å². The summed E-state index contributed by atoms with van der Waals surface area (Å²) in [6.45, 7) is 7.99. The van der Waals surface area contributed by atoms with E-state index in [1.807, 2.05) is 25.1 Å². The first-order valence-corrected chi connectivity index (χ1v) is 7.83. The van der Waals surface area contributed by atoms with Crippen molar-refractivity contribution in [1.82, 2.24) is 4.90 Å². The first kappa shape index (κ1) is 16.0. The molecule has 1 aromatic rings. The van der Waals surface area contributed by atoms with Gasteiger partial charge in [0, 0.05) is 17.7 Å². The van der Waals surface area contributed by atoms with Gasteiger partial charge in [-0.05, 0) is 70.4 Å². The largest absolute Gasteiger partial charge is 0.494 e. The molecule has 4 nitrogen and oxygen atoms in total. The maximum atomic E-state index is 11.6. The first-order valence-electron chi connectivity index (χ1n) is 7.83. The highest BCUT2D eigenvalue weighted by Gasteiger charge is 2.19. The zero-order chi connectivity index (χ0) is 15.2. The Morgan fingerprint density at radius 2 is 2.10 bits per heavy atom. The van der Waals surface area contributed by atoms with Crippen LogP contribution in [0.15, 0.2) is 18.2 Å². The molecule has 1 aromatic carbocycles. The maximum Gasteiger partial charge on any atom is 0.159 e. The summed E-state index contributed by atoms with van der Waals surface area (Å²) in [6, 6.07) is 5.74. The van der Waals surface area contributed by atoms with Crippen LogP contribution in [0.25, 0.3) is 0 Å². The molecular weight excluding hydrogens is 264 g/mol. The molecule has 1 heterocycles. The molecule has 0 saturated carbocycles. The lowest BCUT2D eigenvalue weighted by atomic mass is 9.96. The van der Waals surface area contributed by atoms with Crippen molar-refractivity contribution in [3.63, 3.8) is 0 Å². The molecule has 116 valence electrons. The molecule has 1 aliphatic rings. The van der Waals surface area contributed by atoms with E-state index in [0.717, 1.165) is 55.9 Å². The van der Waals surface area contributed by atoms with E-state index in [1.54, 1.807) is 6.92 Å². The minimum Gasteiger partial charge on any atom is -0.494 e. The maximum absolute atomic E-state index is 11.6. The molecule has 1 aliphatic heterocycles. The lowest BCUT2D eigenvalue weighted by molar-refractivity contribution is 0.101. The lowest BCUT2D eigenvalue weighted by Gasteiger charge is -2.31. The van der Waals surface area contributed by atoms with Gasteiger partial charge in [-0.25, -0.2) is 0 Å². The molecule has 2 rings (SSSR count). The zero-order valence-corrected chi connectivity index (χ0v) is 13.1. The van der Waals surface area contributed by atoms with E-state index in [-0.39, 0.29) is 5.78 Å². The molecule has 4 heteroatoms. The third-order valence-electron chi connectivity index (χ3n) is 4.20. The number of hydrogen-bond donors (Lipinski definition) is 1. The van der Waals surface area contributed by atoms with Crippen molar-refractivity contribution in [2.45, 2.75) is 33.2 Å². The Hall–Kier alpha value is -1.39. The summed E-state index contributed by atoms with van der Waals surface area (Å²) < 4.78 is 5.70. The number of nitrogens with zero attached hydrogens (tertiary/aromatic N) is 1. The number of nitrogens with two attached hydrogens (primary N) is 1. The van der Waals surface area contributed by atoms with Crippen LogP contribution >= 0.6 is 0 Å². The van der Waals surface area contributed by atoms with Gasteiger partial charge in [0.15, 0.2) is 5.78 Å². The van der Waals surface area contributed by atoms with Crippen LogP contribution in [-0.4, -0.2) is 36.9 Å². The molecule has 21 heavy (non-hydrogen) atoms. The Morgan fingerprint density at radius 1 is 1.38 bits per heavy atom. The van der Waals surface area contributed by atoms with E-state index in [4.69, 9.17) is 10.5 Å². The van der Waals surface area contributed by atoms with E-state index in [9.17, 15) is 4.79 Å². The fourth-order valence-electron chi connectivity index (χ4n) is 2.84. The van der Waals surface area contributed by atoms with Gasteiger partial charge in [-0.15, -0.1) is 0 Å². The average Bonchev–Trinajstić information content (AvgIpc) is 2.50. The van der Waals surface area contributed by atoms with Crippen molar-refractivity contribution >= 4 is 5.78 Å². The van der Waals surface area contributed by atoms with Gasteiger partial charge in [-0.3, -0.25) is 9.69 Å². The first-order chi connectivity index (χ1) is 10.1. The van der Waals surface area contributed by atoms with E-state index in [1.165, 1.54) is 0 Å². The van der Waals surface area contributed by atoms with Crippen LogP contribution < -0.4 is 10.5 Å². The second-order valence-corrected chi connectivity index (χ2v) is 5.77. The highest BCUT2D eigenvalue weighted by atomic mass is 16.5. The summed E-state index contributed by atoms with van der Waals surface area (Å²) in [5.41, 5.74) is 7.60. The van der Waals surface area contributed by atoms with Gasteiger partial charge in [0.2, 0.25) is 0 Å². The predicted molar refractivity (Wildman–Crippen MR) is 84.7 cm³/mol. The lowest BCUT2D eigenvalue weighted by Crippen LogP contribution is -2.35. The zero-order valence-electron chi connectivity index (χ0n) is 13.1. The molecule has 1 fully saturated rings. The molecule has 0 aliphatic carbocycles. The quantitative estimate of drug-likeness (QED) is 0.818. The SMILES string of the molecule is CCOc1ccc(C(C)=O)cc1CN1CCC(CN)CC1. The Morgan fingerprint density at radius 3 is 2.67 bits per heavy atom. The Balaban J connectivity index is 2.09. The minimum atomic E-state index is 0.0983. The summed E-state index contributed by atoms with van der Waals surface area (Å²) in [4.78, 5) is 14.0. The Kier molecular flexibility index (Phi) is 5.76. The molecule has 0 radical (unpaired) electrons. The van der Waals surface area contributed by atoms with Crippen LogP contribution in [-0.2, 0) is 6.54 Å². The highest BCUT2D eigenvalue weighted by molar-refractivity contribution is 5.94. The third-order valence-corrected chi connectivity index (χ3v) is 4.20. The number of rotatable bonds is 6. The number of piperidine rings is 1. The number of hydrogen-bond acceptors (Lipinski definition) is 4. The molecule has 0 spiro atoms. The summed E-state index contributed by atoms with van der Waals surface area (Å²) in [7, 11) is 0. The van der Waals surface area contributed by atoms with E-state index in [2.05, 4.69) is 4.90 Å². The summed E-state index contributed by atoms with van der Waals surface area (Å²) in [5, 5.41) is 0. The van der Waals surface area contributed by atoms with Gasteiger partial charge in [0.25, 0.3) is 0 Å². The van der Waals surface area contributed by atoms with Gasteiger partial charge < -0.3 is 10.5 Å². The standard InChI is InChI=1S/C17H26N2O2/c1-3-21-17-5-4-15(13(2)20)10-16(17)12-19-8-6-14(11-18)7-9-19/h4-5,10,14H,3,6-9,11-12,18H2,1-2H3. The number of benzene rings is 1. The second kappa shape index (κ2) is 7.57. The molecule has 2 N–H and O–H groups in total. The molecule has 0 amide bonds. The van der Waals surface area contributed by atoms with Gasteiger partial charge in [0.05, 0.1) is 6.61 Å². The van der Waals surface area contributed by atoms with Crippen LogP contribution in [0.3, 0.4) is 0 Å². The van der Waals surface area contributed by atoms with Crippen LogP contribution in [0.1, 0.15) is 42.6 Å². The van der Waals surface area contributed by atoms with Crippen molar-refractivity contribution in [1.29, 1.82) is 0 Å². The van der Waals surface area contributed by atoms with E-state index >= 15 is 0 Å². The molecule has 1 saturated heterocycles. The second-order valence-electron chi connectivity index (χ2n) is 5.77. The summed E-state index contributed by atoms with van der Waals surface area (Å²) in [6.07, 6.45) is 2.32. The van der Waals surface area contributed by atoms with Crippen molar-refractivity contribution in [2.75, 3.05) is 26.2 Å². The number of Topliss-reactive ketones (excluding diaryl/α,β-unsaturated/α-hetero) is 1. The third kappa shape index (κ3) is 4.29. The Labute approximate surface area is 127 Å². The van der Waals surface area contributed by atoms with E-state index < -0.39 is 0 Å². The summed E-state index contributed by atoms with van der Waals surface area (Å²) in [5.74, 6) is 1.65. The molecular formula is C17H26N2O2. The fourth-order valence-corrected chi connectivity index (χ4v) is 2.84. The number of carbonyl (C=O) groups is 1. The van der Waals surface area contributed by atoms with Crippen LogP contribution in [0.4, 0.5) is 0 Å². The fraction of sp³-hybridized carbons (Fsp3) is 0.588. The normalized spacial score (nSPS) is 16.9. The highest BCUT2D eigenvalue weighted by Crippen LogP contribution is 2.25. The smallest absolute Gasteiger partial charge is 0.159 e. The number of likely N-dealkylation sites (tertiary alicyclic amines) is 1. The predicted octanol–water partition coefficient (Wildman–Crippen LogP) is 2.46. The van der Waals surface area contributed by atoms with Gasteiger partial charge in [-0.2, -0.15) is 0 Å². The van der Waals surface area contributed by atoms with E-state index in [0.29, 0.717) is 12.5 Å². The van der Waals surface area contributed by atoms with Crippen molar-refractivity contribution in [3.05, 3.63) is 29.3 Å². The summed E-state index contributed by atoms with van der Waals surface area (Å²) >= 11 is 0. The van der Waals surface area contributed by atoms with Gasteiger partial charge in [-0.1, -0.05) is 0 Å². The Bertz CT molecular complexity index is 480. The van der Waals surface area contributed by atoms with Crippen LogP contribution in [0.5, 0.6) is 5.75 Å². The monoisotopic (exact) mass is 290 g/mol. The van der Waals surface area contributed by atoms with Crippen molar-refractivity contribution < 1.29 is 9.53 Å². The van der Waals surface area contributed by atoms with Crippen molar-refractivity contribution in [3.8, 4) is 5.75 Å². The number of carbonyl (C=O) groups excluding carboxylic acids is 1. The number of ether oxygens (including phenoxy) is 1.